The van der Waals surface area contributed by atoms with Crippen molar-refractivity contribution in [3.63, 3.8) is 0 Å². The van der Waals surface area contributed by atoms with Gasteiger partial charge in [0.2, 0.25) is 0 Å². The summed E-state index contributed by atoms with van der Waals surface area (Å²) in [7, 11) is 1.00. The average Bonchev–Trinajstić information content (AvgIpc) is 3.66. The van der Waals surface area contributed by atoms with Crippen molar-refractivity contribution in [1.82, 2.24) is 5.32 Å². The summed E-state index contributed by atoms with van der Waals surface area (Å²) in [5.41, 5.74) is 4.55. The number of nitrogens with one attached hydrogen (secondary N) is 1. The van der Waals surface area contributed by atoms with E-state index in [1.54, 1.807) is 0 Å². The maximum atomic E-state index is 10.1. The van der Waals surface area contributed by atoms with Crippen LogP contribution in [0.2, 0.25) is 0 Å². The van der Waals surface area contributed by atoms with E-state index < -0.39 is 18.4 Å². The lowest BCUT2D eigenvalue weighted by Crippen LogP contribution is -2.48. The van der Waals surface area contributed by atoms with Gasteiger partial charge in [-0.25, -0.2) is 0 Å². The lowest BCUT2D eigenvalue weighted by atomic mass is 10.0. The number of aliphatic hydroxyl groups is 3. The molecule has 0 amide bonds. The first-order valence-electron chi connectivity index (χ1n) is 10.6. The summed E-state index contributed by atoms with van der Waals surface area (Å²) in [5.74, 6) is 0. The van der Waals surface area contributed by atoms with Crippen molar-refractivity contribution in [2.24, 2.45) is 0 Å². The Morgan fingerprint density at radius 3 is 2.45 bits per heavy atom. The van der Waals surface area contributed by atoms with Gasteiger partial charge in [-0.3, -0.25) is 0 Å². The standard InChI is InChI=1S/C22H27N3O4.CH4O/c23-13-17(11-15-1-5-18(6-2-15)25-7-9-28-10-8-25)21(16-3-4-16)24-20-12-19(26)14-29-22(20)27;1-2/h1-2,5-6,11,19-20,22,24,26-27H,3-4,7-10,12,14H2;2H,1H3/b17-11+;. The Bertz CT molecular complexity index is 819. The molecule has 0 radical (unpaired) electrons. The van der Waals surface area contributed by atoms with Crippen LogP contribution in [0.3, 0.4) is 0 Å². The number of morpholine rings is 1. The predicted octanol–water partition coefficient (Wildman–Crippen LogP) is 1.14. The van der Waals surface area contributed by atoms with Crippen molar-refractivity contribution < 1.29 is 24.8 Å². The summed E-state index contributed by atoms with van der Waals surface area (Å²) in [5, 5.41) is 40.0. The van der Waals surface area contributed by atoms with Gasteiger partial charge >= 0.3 is 0 Å². The minimum Gasteiger partial charge on any atom is -0.400 e. The third kappa shape index (κ3) is 6.29. The van der Waals surface area contributed by atoms with Crippen LogP contribution in [0.25, 0.3) is 6.08 Å². The van der Waals surface area contributed by atoms with Gasteiger partial charge < -0.3 is 35.0 Å². The Morgan fingerprint density at radius 1 is 1.16 bits per heavy atom. The van der Waals surface area contributed by atoms with Gasteiger partial charge in [0.15, 0.2) is 6.29 Å². The second kappa shape index (κ2) is 11.3. The monoisotopic (exact) mass is 429 g/mol. The van der Waals surface area contributed by atoms with E-state index in [9.17, 15) is 15.5 Å². The largest absolute Gasteiger partial charge is 0.400 e. The molecule has 4 N–H and O–H groups in total. The number of hydrogen-bond acceptors (Lipinski definition) is 8. The van der Waals surface area contributed by atoms with Gasteiger partial charge in [-0.2, -0.15) is 5.26 Å². The average molecular weight is 430 g/mol. The molecule has 2 heterocycles. The number of allylic oxidation sites excluding steroid dienone is 2. The van der Waals surface area contributed by atoms with Gasteiger partial charge in [0, 0.05) is 32.3 Å². The Balaban J connectivity index is 0.00000132. The van der Waals surface area contributed by atoms with Crippen molar-refractivity contribution >= 4 is 11.8 Å². The van der Waals surface area contributed by atoms with E-state index in [1.165, 1.54) is 0 Å². The molecule has 4 rings (SSSR count). The summed E-state index contributed by atoms with van der Waals surface area (Å²) in [6.07, 6.45) is 2.49. The number of nitriles is 1. The van der Waals surface area contributed by atoms with E-state index in [0.29, 0.717) is 12.0 Å². The van der Waals surface area contributed by atoms with E-state index in [2.05, 4.69) is 28.4 Å². The molecule has 1 aliphatic carbocycles. The first-order valence-corrected chi connectivity index (χ1v) is 10.6. The summed E-state index contributed by atoms with van der Waals surface area (Å²) >= 11 is 0. The molecule has 0 aromatic heterocycles. The lowest BCUT2D eigenvalue weighted by Gasteiger charge is -2.32. The second-order valence-electron chi connectivity index (χ2n) is 7.70. The van der Waals surface area contributed by atoms with E-state index in [1.807, 2.05) is 18.2 Å². The van der Waals surface area contributed by atoms with Gasteiger partial charge in [0.25, 0.3) is 0 Å². The van der Waals surface area contributed by atoms with Crippen LogP contribution in [-0.2, 0) is 9.47 Å². The highest BCUT2D eigenvalue weighted by Crippen LogP contribution is 2.35. The number of nitrogens with zero attached hydrogens (tertiary/aromatic N) is 2. The van der Waals surface area contributed by atoms with Gasteiger partial charge in [-0.05, 0) is 42.2 Å². The molecule has 8 nitrogen and oxygen atoms in total. The molecule has 2 aliphatic heterocycles. The molecular formula is C23H31N3O5. The van der Waals surface area contributed by atoms with Crippen LogP contribution in [0.4, 0.5) is 5.69 Å². The quantitative estimate of drug-likeness (QED) is 0.515. The zero-order valence-corrected chi connectivity index (χ0v) is 17.8. The van der Waals surface area contributed by atoms with Gasteiger partial charge in [-0.1, -0.05) is 12.1 Å². The maximum Gasteiger partial charge on any atom is 0.175 e. The fourth-order valence-corrected chi connectivity index (χ4v) is 3.73. The van der Waals surface area contributed by atoms with Crippen molar-refractivity contribution in [2.75, 3.05) is 44.9 Å². The number of rotatable bonds is 5. The Morgan fingerprint density at radius 2 is 1.84 bits per heavy atom. The van der Waals surface area contributed by atoms with Crippen LogP contribution >= 0.6 is 0 Å². The third-order valence-corrected chi connectivity index (χ3v) is 5.48. The lowest BCUT2D eigenvalue weighted by molar-refractivity contribution is -0.171. The van der Waals surface area contributed by atoms with Crippen molar-refractivity contribution in [1.29, 1.82) is 5.26 Å². The van der Waals surface area contributed by atoms with E-state index in [4.69, 9.17) is 14.6 Å². The maximum absolute atomic E-state index is 10.1. The molecule has 0 spiro atoms. The molecule has 1 aromatic rings. The van der Waals surface area contributed by atoms with Gasteiger partial charge in [0.05, 0.1) is 43.2 Å². The molecule has 3 atom stereocenters. The smallest absolute Gasteiger partial charge is 0.175 e. The highest BCUT2D eigenvalue weighted by atomic mass is 16.6. The third-order valence-electron chi connectivity index (χ3n) is 5.48. The topological polar surface area (TPSA) is 118 Å². The Kier molecular flexibility index (Phi) is 8.46. The SMILES string of the molecule is CO.N#C/C(=C\c1ccc(N2CCOCC2)cc1)C(NC1CC(O)COC1O)=C1CC1. The molecular weight excluding hydrogens is 398 g/mol. The van der Waals surface area contributed by atoms with E-state index in [0.717, 1.165) is 68.8 Å². The molecule has 0 bridgehead atoms. The molecule has 3 unspecified atom stereocenters. The minimum atomic E-state index is -1.000. The van der Waals surface area contributed by atoms with Crippen LogP contribution in [-0.4, -0.2) is 73.8 Å². The molecule has 3 aliphatic rings. The molecule has 168 valence electrons. The number of ether oxygens (including phenoxy) is 2. The van der Waals surface area contributed by atoms with Crippen LogP contribution in [0, 0.1) is 11.3 Å². The zero-order valence-electron chi connectivity index (χ0n) is 17.8. The molecule has 31 heavy (non-hydrogen) atoms. The van der Waals surface area contributed by atoms with Crippen molar-refractivity contribution in [2.45, 2.75) is 37.7 Å². The highest BCUT2D eigenvalue weighted by Gasteiger charge is 2.32. The predicted molar refractivity (Wildman–Crippen MR) is 117 cm³/mol. The van der Waals surface area contributed by atoms with Crippen molar-refractivity contribution in [3.05, 3.63) is 46.7 Å². The fourth-order valence-electron chi connectivity index (χ4n) is 3.73. The van der Waals surface area contributed by atoms with Gasteiger partial charge in [0.1, 0.15) is 6.07 Å². The summed E-state index contributed by atoms with van der Waals surface area (Å²) in [6, 6.07) is 10.0. The molecule has 2 saturated heterocycles. The molecule has 8 heteroatoms. The second-order valence-corrected chi connectivity index (χ2v) is 7.70. The van der Waals surface area contributed by atoms with Crippen LogP contribution < -0.4 is 10.2 Å². The summed E-state index contributed by atoms with van der Waals surface area (Å²) in [4.78, 5) is 2.29. The molecule has 1 saturated carbocycles. The van der Waals surface area contributed by atoms with E-state index in [-0.39, 0.29) is 6.61 Å². The zero-order chi connectivity index (χ0) is 22.2. The van der Waals surface area contributed by atoms with Gasteiger partial charge in [-0.15, -0.1) is 0 Å². The van der Waals surface area contributed by atoms with Crippen molar-refractivity contribution in [3.8, 4) is 6.07 Å². The summed E-state index contributed by atoms with van der Waals surface area (Å²) in [6.45, 7) is 3.39. The van der Waals surface area contributed by atoms with E-state index >= 15 is 0 Å². The minimum absolute atomic E-state index is 0.127. The Hall–Kier alpha value is -2.41. The Labute approximate surface area is 183 Å². The van der Waals surface area contributed by atoms with Crippen LogP contribution in [0.15, 0.2) is 41.1 Å². The normalized spacial score (nSPS) is 25.8. The number of hydrogen-bond donors (Lipinski definition) is 4. The first kappa shape index (κ1) is 23.3. The fraction of sp³-hybridized carbons (Fsp3) is 0.522. The number of anilines is 1. The number of benzene rings is 1. The number of aliphatic hydroxyl groups excluding tert-OH is 3. The summed E-state index contributed by atoms with van der Waals surface area (Å²) < 4.78 is 10.6. The van der Waals surface area contributed by atoms with Crippen LogP contribution in [0.1, 0.15) is 24.8 Å². The molecule has 3 fully saturated rings. The highest BCUT2D eigenvalue weighted by molar-refractivity contribution is 5.66. The first-order chi connectivity index (χ1) is 15.1. The van der Waals surface area contributed by atoms with Crippen LogP contribution in [0.5, 0.6) is 0 Å². The molecule has 1 aromatic carbocycles.